The van der Waals surface area contributed by atoms with Crippen molar-refractivity contribution in [1.82, 2.24) is 5.32 Å². The predicted octanol–water partition coefficient (Wildman–Crippen LogP) is 8.32. The summed E-state index contributed by atoms with van der Waals surface area (Å²) in [5.74, 6) is -1.81. The lowest BCUT2D eigenvalue weighted by molar-refractivity contribution is -0.588. The molecule has 15 fully saturated rings. The molecule has 396 valence electrons. The topological polar surface area (TPSA) is 168 Å². The van der Waals surface area contributed by atoms with E-state index in [2.05, 4.69) is 60.7 Å². The van der Waals surface area contributed by atoms with Gasteiger partial charge in [-0.25, -0.2) is 29.3 Å². The molecule has 12 saturated heterocycles. The van der Waals surface area contributed by atoms with Crippen LogP contribution >= 0.6 is 0 Å². The SMILES string of the molecule is CC(=O)NC(COC1O[C@@H]2O[C@@]3(C)CC[C@H]4[C@H](C)CC[C@@H]([C@H]1C)[C@@]24OO3)(COC1O[C@@H]2O[C@@]3(C)CC[C@H]4[C@H](C)CC[C@@](C)([C@H]1C)[C@@]24OO3)COC1O[C@@H]2O[C@@]3(C)CC[C@H]4[C@H](C)CC[C@@](C)([C@H]1C)[C@@]24OO3. The minimum Gasteiger partial charge on any atom is -0.350 e. The summed E-state index contributed by atoms with van der Waals surface area (Å²) >= 11 is 0. The third kappa shape index (κ3) is 6.91. The third-order valence-electron chi connectivity index (χ3n) is 21.9. The van der Waals surface area contributed by atoms with Gasteiger partial charge in [-0.2, -0.15) is 0 Å². The maximum Gasteiger partial charge on any atom is 0.217 e. The van der Waals surface area contributed by atoms with Crippen molar-refractivity contribution in [3.8, 4) is 0 Å². The molecule has 17 heteroatoms. The van der Waals surface area contributed by atoms with Crippen molar-refractivity contribution in [2.24, 2.45) is 70.0 Å². The van der Waals surface area contributed by atoms with E-state index in [-0.39, 0.29) is 67.2 Å². The van der Waals surface area contributed by atoms with Gasteiger partial charge in [0.05, 0.1) is 19.8 Å². The molecule has 15 rings (SSSR count). The van der Waals surface area contributed by atoms with Crippen LogP contribution in [-0.4, -0.2) is 103 Å². The molecule has 0 radical (unpaired) electrons. The lowest BCUT2D eigenvalue weighted by Gasteiger charge is -2.65. The van der Waals surface area contributed by atoms with Crippen LogP contribution in [0.15, 0.2) is 0 Å². The maximum absolute atomic E-state index is 13.7. The van der Waals surface area contributed by atoms with Crippen LogP contribution in [0, 0.1) is 70.0 Å². The summed E-state index contributed by atoms with van der Waals surface area (Å²) < 4.78 is 62.5. The second-order valence-electron chi connectivity index (χ2n) is 26.0. The van der Waals surface area contributed by atoms with E-state index in [1.54, 1.807) is 0 Å². The highest BCUT2D eigenvalue weighted by atomic mass is 17.3. The van der Waals surface area contributed by atoms with Gasteiger partial charge in [-0.05, 0) is 114 Å². The molecule has 0 aromatic carbocycles. The summed E-state index contributed by atoms with van der Waals surface area (Å²) in [5.41, 5.74) is -4.56. The Bertz CT molecular complexity index is 1950. The quantitative estimate of drug-likeness (QED) is 0.207. The van der Waals surface area contributed by atoms with Crippen molar-refractivity contribution in [3.63, 3.8) is 0 Å². The maximum atomic E-state index is 13.7. The van der Waals surface area contributed by atoms with E-state index >= 15 is 0 Å². The van der Waals surface area contributed by atoms with E-state index < -0.39 is 88.3 Å². The van der Waals surface area contributed by atoms with Crippen molar-refractivity contribution in [3.05, 3.63) is 0 Å². The molecule has 0 aromatic rings. The summed E-state index contributed by atoms with van der Waals surface area (Å²) in [6.07, 6.45) is 6.22. The number of fused-ring (bicyclic) bond motifs is 6. The minimum absolute atomic E-state index is 0.0316. The molecule has 15 aliphatic rings. The molecule has 3 saturated carbocycles. The molecule has 12 aliphatic heterocycles. The lowest BCUT2D eigenvalue weighted by Crippen LogP contribution is -2.75. The van der Waals surface area contributed by atoms with Crippen LogP contribution in [-0.2, 0) is 76.8 Å². The van der Waals surface area contributed by atoms with Gasteiger partial charge in [0.1, 0.15) is 5.54 Å². The monoisotopic (exact) mass is 990 g/mol. The fraction of sp³-hybridized carbons (Fsp3) is 0.981. The third-order valence-corrected chi connectivity index (χ3v) is 21.9. The number of amides is 1. The van der Waals surface area contributed by atoms with Gasteiger partial charge in [-0.1, -0.05) is 55.4 Å². The van der Waals surface area contributed by atoms with Gasteiger partial charge in [0.15, 0.2) is 54.5 Å². The zero-order valence-corrected chi connectivity index (χ0v) is 43.9. The van der Waals surface area contributed by atoms with Crippen molar-refractivity contribution in [1.29, 1.82) is 0 Å². The van der Waals surface area contributed by atoms with Gasteiger partial charge in [0.25, 0.3) is 0 Å². The first-order chi connectivity index (χ1) is 33.1. The van der Waals surface area contributed by atoms with Gasteiger partial charge < -0.3 is 47.9 Å². The first-order valence-corrected chi connectivity index (χ1v) is 27.3. The standard InChI is InChI=1S/C53H83NO16/c1-28-13-14-38-31(4)39(59-42-51(38)35(28)17-22-47(10,62-42)65-68-51)56-25-50(54-34(7)55,26-57-40-32(5)45(8)20-15-29(2)36-18-23-48(11)63-43(60-40)52(36,45)69-66-48)27-58-41-33(6)46(9)21-16-30(3)37-19-24-49(12)64-44(61-41)53(37,46)70-67-49/h28-33,35-44H,13-27H2,1-12H3,(H,54,55)/t28-,29-,30-,31-,32+,33+,35+,36+,37+,38+,39?,40?,41?,42-,43-,44-,45+,46+,47-,48-,49-,50?,51-,52+,53+/m1/s1. The number of ether oxygens (including phenoxy) is 9. The molecule has 24 atom stereocenters. The second kappa shape index (κ2) is 16.7. The number of hydrogen-bond acceptors (Lipinski definition) is 16. The summed E-state index contributed by atoms with van der Waals surface area (Å²) in [4.78, 5) is 51.8. The zero-order valence-electron chi connectivity index (χ0n) is 43.9. The number of carbonyl (C=O) groups excluding carboxylic acids is 1. The smallest absolute Gasteiger partial charge is 0.217 e. The fourth-order valence-corrected chi connectivity index (χ4v) is 17.1. The van der Waals surface area contributed by atoms with Crippen LogP contribution < -0.4 is 5.32 Å². The Morgan fingerprint density at radius 2 is 0.929 bits per heavy atom. The summed E-state index contributed by atoms with van der Waals surface area (Å²) in [7, 11) is 0. The summed E-state index contributed by atoms with van der Waals surface area (Å²) in [5, 5.41) is 3.31. The Labute approximate surface area is 414 Å². The number of nitrogens with one attached hydrogen (secondary N) is 1. The Morgan fingerprint density at radius 3 is 1.43 bits per heavy atom. The van der Waals surface area contributed by atoms with E-state index in [1.165, 1.54) is 6.92 Å². The molecular formula is C53H83NO16. The first-order valence-electron chi connectivity index (χ1n) is 27.3. The Hall–Kier alpha value is -1.13. The molecule has 3 unspecified atom stereocenters. The molecule has 3 aliphatic carbocycles. The largest absolute Gasteiger partial charge is 0.350 e. The molecule has 1 N–H and O–H groups in total. The molecule has 1 amide bonds. The Morgan fingerprint density at radius 1 is 0.500 bits per heavy atom. The van der Waals surface area contributed by atoms with E-state index in [9.17, 15) is 4.79 Å². The average molecular weight is 990 g/mol. The van der Waals surface area contributed by atoms with Crippen LogP contribution in [0.4, 0.5) is 0 Å². The van der Waals surface area contributed by atoms with Crippen LogP contribution in [0.2, 0.25) is 0 Å². The highest BCUT2D eigenvalue weighted by Gasteiger charge is 2.77. The Balaban J connectivity index is 0.861. The summed E-state index contributed by atoms with van der Waals surface area (Å²) in [6.45, 7) is 25.2. The van der Waals surface area contributed by atoms with Crippen LogP contribution in [0.3, 0.4) is 0 Å². The van der Waals surface area contributed by atoms with Gasteiger partial charge in [0, 0.05) is 60.7 Å². The molecule has 12 heterocycles. The van der Waals surface area contributed by atoms with Gasteiger partial charge >= 0.3 is 0 Å². The fourth-order valence-electron chi connectivity index (χ4n) is 17.1. The van der Waals surface area contributed by atoms with Gasteiger partial charge in [-0.15, -0.1) is 0 Å². The normalized spacial score (nSPS) is 58.2. The van der Waals surface area contributed by atoms with E-state index in [0.717, 1.165) is 57.8 Å². The van der Waals surface area contributed by atoms with Crippen molar-refractivity contribution < 1.29 is 76.8 Å². The molecule has 3 spiro atoms. The van der Waals surface area contributed by atoms with Crippen LogP contribution in [0.1, 0.15) is 160 Å². The Kier molecular flexibility index (Phi) is 11.9. The van der Waals surface area contributed by atoms with E-state index in [4.69, 9.17) is 72.0 Å². The first kappa shape index (κ1) is 49.7. The lowest BCUT2D eigenvalue weighted by atomic mass is 9.50. The van der Waals surface area contributed by atoms with Crippen molar-refractivity contribution >= 4 is 5.91 Å². The number of carbonyl (C=O) groups is 1. The van der Waals surface area contributed by atoms with Crippen molar-refractivity contribution in [2.75, 3.05) is 19.8 Å². The number of hydrogen-bond donors (Lipinski definition) is 1. The number of rotatable bonds is 10. The molecule has 6 bridgehead atoms. The average Bonchev–Trinajstić information content (AvgIpc) is 3.81. The van der Waals surface area contributed by atoms with Gasteiger partial charge in [-0.3, -0.25) is 4.79 Å². The van der Waals surface area contributed by atoms with Crippen molar-refractivity contribution in [2.45, 2.75) is 238 Å². The molecule has 70 heavy (non-hydrogen) atoms. The van der Waals surface area contributed by atoms with E-state index in [0.29, 0.717) is 37.0 Å². The summed E-state index contributed by atoms with van der Waals surface area (Å²) in [6, 6.07) is 0. The van der Waals surface area contributed by atoms with Gasteiger partial charge in [0.2, 0.25) is 23.3 Å². The molecular weight excluding hydrogens is 907 g/mol. The predicted molar refractivity (Wildman–Crippen MR) is 244 cm³/mol. The molecule has 0 aromatic heterocycles. The highest BCUT2D eigenvalue weighted by Crippen LogP contribution is 2.68. The van der Waals surface area contributed by atoms with Crippen LogP contribution in [0.5, 0.6) is 0 Å². The van der Waals surface area contributed by atoms with E-state index in [1.807, 2.05) is 20.8 Å². The second-order valence-corrected chi connectivity index (χ2v) is 26.0. The zero-order chi connectivity index (χ0) is 49.2. The highest BCUT2D eigenvalue weighted by molar-refractivity contribution is 5.74. The minimum atomic E-state index is -1.28. The van der Waals surface area contributed by atoms with Crippen LogP contribution in [0.25, 0.3) is 0 Å². The molecule has 17 nitrogen and oxygen atoms in total.